The molecule has 2 aromatic rings. The van der Waals surface area contributed by atoms with E-state index in [2.05, 4.69) is 26.0 Å². The summed E-state index contributed by atoms with van der Waals surface area (Å²) in [5.74, 6) is -0.722. The highest BCUT2D eigenvalue weighted by molar-refractivity contribution is 9.10. The van der Waals surface area contributed by atoms with Gasteiger partial charge in [-0.1, -0.05) is 6.07 Å². The van der Waals surface area contributed by atoms with E-state index < -0.39 is 5.97 Å². The molecule has 0 saturated heterocycles. The molecule has 120 valence electrons. The van der Waals surface area contributed by atoms with Gasteiger partial charge in [-0.05, 0) is 40.2 Å². The molecule has 1 amide bonds. The highest BCUT2D eigenvalue weighted by atomic mass is 79.9. The minimum atomic E-state index is -0.471. The fourth-order valence-electron chi connectivity index (χ4n) is 1.96. The van der Waals surface area contributed by atoms with Crippen molar-refractivity contribution in [3.05, 3.63) is 63.0 Å². The van der Waals surface area contributed by atoms with E-state index in [9.17, 15) is 14.4 Å². The predicted molar refractivity (Wildman–Crippen MR) is 89.4 cm³/mol. The molecule has 0 fully saturated rings. The zero-order valence-electron chi connectivity index (χ0n) is 12.4. The Labute approximate surface area is 141 Å². The first-order valence-corrected chi connectivity index (χ1v) is 7.63. The van der Waals surface area contributed by atoms with Crippen molar-refractivity contribution in [3.8, 4) is 0 Å². The first-order chi connectivity index (χ1) is 11.0. The minimum Gasteiger partial charge on any atom is -0.465 e. The minimum absolute atomic E-state index is 0.138. The van der Waals surface area contributed by atoms with Gasteiger partial charge in [-0.15, -0.1) is 0 Å². The largest absolute Gasteiger partial charge is 0.465 e. The molecule has 1 aromatic heterocycles. The second-order valence-corrected chi connectivity index (χ2v) is 5.67. The molecule has 23 heavy (non-hydrogen) atoms. The molecule has 1 N–H and O–H groups in total. The van der Waals surface area contributed by atoms with Gasteiger partial charge in [0.1, 0.15) is 0 Å². The number of nitrogens with zero attached hydrogens (tertiary/aromatic N) is 1. The van der Waals surface area contributed by atoms with Gasteiger partial charge in [0, 0.05) is 35.4 Å². The Kier molecular flexibility index (Phi) is 5.70. The van der Waals surface area contributed by atoms with Crippen molar-refractivity contribution in [1.82, 2.24) is 4.57 Å². The Balaban J connectivity index is 1.98. The number of halogens is 1. The number of hydrogen-bond donors (Lipinski definition) is 1. The molecule has 0 atom stereocenters. The number of aromatic nitrogens is 1. The van der Waals surface area contributed by atoms with E-state index in [0.29, 0.717) is 11.3 Å². The average molecular weight is 379 g/mol. The Morgan fingerprint density at radius 1 is 1.26 bits per heavy atom. The van der Waals surface area contributed by atoms with E-state index in [1.165, 1.54) is 23.8 Å². The average Bonchev–Trinajstić information content (AvgIpc) is 2.55. The van der Waals surface area contributed by atoms with Crippen molar-refractivity contribution in [2.24, 2.45) is 0 Å². The third-order valence-corrected chi connectivity index (χ3v) is 3.56. The number of methoxy groups -OCH3 is 1. The second-order valence-electron chi connectivity index (χ2n) is 4.75. The van der Waals surface area contributed by atoms with Gasteiger partial charge in [-0.3, -0.25) is 9.59 Å². The summed E-state index contributed by atoms with van der Waals surface area (Å²) in [6.07, 6.45) is 1.77. The van der Waals surface area contributed by atoms with Crippen molar-refractivity contribution in [3.63, 3.8) is 0 Å². The van der Waals surface area contributed by atoms with Crippen LogP contribution in [0.15, 0.2) is 51.9 Å². The number of amides is 1. The first-order valence-electron chi connectivity index (χ1n) is 6.84. The van der Waals surface area contributed by atoms with Crippen LogP contribution in [0.2, 0.25) is 0 Å². The van der Waals surface area contributed by atoms with Gasteiger partial charge >= 0.3 is 5.97 Å². The number of ether oxygens (including phenoxy) is 1. The molecule has 0 saturated carbocycles. The van der Waals surface area contributed by atoms with Crippen molar-refractivity contribution in [2.45, 2.75) is 13.0 Å². The summed E-state index contributed by atoms with van der Waals surface area (Å²) in [4.78, 5) is 35.1. The summed E-state index contributed by atoms with van der Waals surface area (Å²) >= 11 is 3.28. The van der Waals surface area contributed by atoms with Gasteiger partial charge < -0.3 is 14.6 Å². The number of hydrogen-bond acceptors (Lipinski definition) is 4. The highest BCUT2D eigenvalue weighted by Gasteiger charge is 2.08. The van der Waals surface area contributed by atoms with Crippen LogP contribution in [0.4, 0.5) is 5.69 Å². The number of carbonyl (C=O) groups excluding carboxylic acids is 2. The van der Waals surface area contributed by atoms with Gasteiger partial charge in [0.05, 0.1) is 12.7 Å². The Morgan fingerprint density at radius 3 is 2.78 bits per heavy atom. The summed E-state index contributed by atoms with van der Waals surface area (Å²) < 4.78 is 6.85. The fourth-order valence-corrected chi connectivity index (χ4v) is 2.34. The van der Waals surface area contributed by atoms with E-state index in [0.717, 1.165) is 4.47 Å². The maximum Gasteiger partial charge on any atom is 0.337 e. The van der Waals surface area contributed by atoms with Gasteiger partial charge in [0.25, 0.3) is 5.56 Å². The molecule has 0 aliphatic carbocycles. The van der Waals surface area contributed by atoms with Crippen LogP contribution >= 0.6 is 15.9 Å². The summed E-state index contributed by atoms with van der Waals surface area (Å²) in [7, 11) is 1.29. The van der Waals surface area contributed by atoms with Crippen molar-refractivity contribution >= 4 is 33.5 Å². The number of anilines is 1. The van der Waals surface area contributed by atoms with E-state index in [4.69, 9.17) is 0 Å². The van der Waals surface area contributed by atoms with Crippen LogP contribution in [0.5, 0.6) is 0 Å². The smallest absolute Gasteiger partial charge is 0.337 e. The van der Waals surface area contributed by atoms with Crippen molar-refractivity contribution in [1.29, 1.82) is 0 Å². The highest BCUT2D eigenvalue weighted by Crippen LogP contribution is 2.12. The van der Waals surface area contributed by atoms with Crippen molar-refractivity contribution < 1.29 is 14.3 Å². The maximum absolute atomic E-state index is 12.0. The van der Waals surface area contributed by atoms with E-state index in [1.807, 2.05) is 0 Å². The van der Waals surface area contributed by atoms with Crippen LogP contribution in [0, 0.1) is 0 Å². The summed E-state index contributed by atoms with van der Waals surface area (Å²) in [5.41, 5.74) is 0.682. The monoisotopic (exact) mass is 378 g/mol. The number of aryl methyl sites for hydroxylation is 1. The zero-order chi connectivity index (χ0) is 16.8. The summed E-state index contributed by atoms with van der Waals surface area (Å²) in [6, 6.07) is 9.55. The summed E-state index contributed by atoms with van der Waals surface area (Å²) in [5, 5.41) is 2.69. The maximum atomic E-state index is 12.0. The number of pyridine rings is 1. The number of esters is 1. The number of benzene rings is 1. The standard InChI is InChI=1S/C16H15BrN2O4/c1-23-16(22)11-3-2-4-13(9-11)18-14(20)7-8-19-10-12(17)5-6-15(19)21/h2-6,9-10H,7-8H2,1H3,(H,18,20). The first kappa shape index (κ1) is 17.0. The Morgan fingerprint density at radius 2 is 2.04 bits per heavy atom. The molecule has 0 aliphatic rings. The fraction of sp³-hybridized carbons (Fsp3) is 0.188. The third kappa shape index (κ3) is 4.79. The lowest BCUT2D eigenvalue weighted by atomic mass is 10.2. The van der Waals surface area contributed by atoms with E-state index in [-0.39, 0.29) is 24.4 Å². The Bertz CT molecular complexity index is 786. The van der Waals surface area contributed by atoms with Crippen molar-refractivity contribution in [2.75, 3.05) is 12.4 Å². The lowest BCUT2D eigenvalue weighted by Crippen LogP contribution is -2.22. The van der Waals surface area contributed by atoms with Gasteiger partial charge in [0.15, 0.2) is 0 Å². The normalized spacial score (nSPS) is 10.2. The molecule has 1 heterocycles. The lowest BCUT2D eigenvalue weighted by molar-refractivity contribution is -0.116. The molecule has 0 radical (unpaired) electrons. The van der Waals surface area contributed by atoms with Crippen LogP contribution in [-0.4, -0.2) is 23.6 Å². The van der Waals surface area contributed by atoms with Crippen LogP contribution in [0.3, 0.4) is 0 Å². The SMILES string of the molecule is COC(=O)c1cccc(NC(=O)CCn2cc(Br)ccc2=O)c1. The van der Waals surface area contributed by atoms with Crippen LogP contribution < -0.4 is 10.9 Å². The predicted octanol–water partition coefficient (Wildman–Crippen LogP) is 2.43. The number of rotatable bonds is 5. The van der Waals surface area contributed by atoms with Gasteiger partial charge in [-0.2, -0.15) is 0 Å². The molecule has 0 aliphatic heterocycles. The molecule has 6 nitrogen and oxygen atoms in total. The molecule has 0 unspecified atom stereocenters. The third-order valence-electron chi connectivity index (χ3n) is 3.09. The van der Waals surface area contributed by atoms with E-state index in [1.54, 1.807) is 30.5 Å². The molecular formula is C16H15BrN2O4. The second kappa shape index (κ2) is 7.73. The van der Waals surface area contributed by atoms with Gasteiger partial charge in [0.2, 0.25) is 5.91 Å². The zero-order valence-corrected chi connectivity index (χ0v) is 14.0. The van der Waals surface area contributed by atoms with Crippen LogP contribution in [0.25, 0.3) is 0 Å². The molecule has 1 aromatic carbocycles. The van der Waals surface area contributed by atoms with Gasteiger partial charge in [-0.25, -0.2) is 4.79 Å². The molecule has 0 bridgehead atoms. The Hall–Kier alpha value is -2.41. The molecule has 0 spiro atoms. The van der Waals surface area contributed by atoms with E-state index >= 15 is 0 Å². The van der Waals surface area contributed by atoms with Crippen LogP contribution in [-0.2, 0) is 16.1 Å². The molecule has 2 rings (SSSR count). The number of nitrogens with one attached hydrogen (secondary N) is 1. The topological polar surface area (TPSA) is 77.4 Å². The molecular weight excluding hydrogens is 364 g/mol. The lowest BCUT2D eigenvalue weighted by Gasteiger charge is -2.08. The quantitative estimate of drug-likeness (QED) is 0.810. The van der Waals surface area contributed by atoms with Crippen LogP contribution in [0.1, 0.15) is 16.8 Å². The summed E-state index contributed by atoms with van der Waals surface area (Å²) in [6.45, 7) is 0.265. The molecule has 7 heteroatoms. The number of carbonyl (C=O) groups is 2.